The Balaban J connectivity index is 0.979. The van der Waals surface area contributed by atoms with Gasteiger partial charge in [-0.1, -0.05) is 121 Å². The molecule has 64 heavy (non-hydrogen) atoms. The van der Waals surface area contributed by atoms with E-state index in [2.05, 4.69) is 17.0 Å². The molecule has 0 saturated carbocycles. The molecule has 12 rings (SSSR count). The highest BCUT2D eigenvalue weighted by Crippen LogP contribution is 2.53. The molecule has 0 amide bonds. The van der Waals surface area contributed by atoms with E-state index in [1.165, 1.54) is 17.0 Å². The monoisotopic (exact) mass is 840 g/mol. The fourth-order valence-electron chi connectivity index (χ4n) is 9.23. The van der Waals surface area contributed by atoms with Crippen LogP contribution in [0.2, 0.25) is 0 Å². The van der Waals surface area contributed by atoms with Gasteiger partial charge in [-0.3, -0.25) is 0 Å². The van der Waals surface area contributed by atoms with Gasteiger partial charge in [0.15, 0.2) is 28.9 Å². The van der Waals surface area contributed by atoms with Gasteiger partial charge < -0.3 is 19.0 Å². The number of nitrogens with zero attached hydrogens (tertiary/aromatic N) is 2. The van der Waals surface area contributed by atoms with E-state index in [-0.39, 0.29) is 11.3 Å². The highest BCUT2D eigenvalue weighted by molar-refractivity contribution is 6.14. The summed E-state index contributed by atoms with van der Waals surface area (Å²) in [6, 6.07) is 59.6. The molecule has 0 radical (unpaired) electrons. The van der Waals surface area contributed by atoms with Crippen LogP contribution in [0.3, 0.4) is 0 Å². The Morgan fingerprint density at radius 1 is 0.391 bits per heavy atom. The van der Waals surface area contributed by atoms with E-state index in [1.54, 1.807) is 54.6 Å². The number of anilines is 6. The molecule has 8 heteroatoms. The van der Waals surface area contributed by atoms with Gasteiger partial charge in [0.25, 0.3) is 0 Å². The highest BCUT2D eigenvalue weighted by Gasteiger charge is 2.33. The summed E-state index contributed by atoms with van der Waals surface area (Å²) in [6.07, 6.45) is 0. The molecular formula is C56H32F4N2O2. The van der Waals surface area contributed by atoms with Crippen LogP contribution in [-0.4, -0.2) is 0 Å². The molecule has 0 bridgehead atoms. The van der Waals surface area contributed by atoms with Gasteiger partial charge in [0, 0.05) is 44.2 Å². The lowest BCUT2D eigenvalue weighted by Crippen LogP contribution is -2.16. The number of rotatable bonds is 7. The Hall–Kier alpha value is -8.36. The minimum absolute atomic E-state index is 0.0866. The maximum atomic E-state index is 16.6. The van der Waals surface area contributed by atoms with Crippen LogP contribution in [0.4, 0.5) is 51.7 Å². The average Bonchev–Trinajstić information content (AvgIpc) is 3.73. The fraction of sp³-hybridized carbons (Fsp3) is 0. The lowest BCUT2D eigenvalue weighted by atomic mass is 9.91. The third-order valence-electron chi connectivity index (χ3n) is 12.1. The van der Waals surface area contributed by atoms with Crippen LogP contribution >= 0.6 is 0 Å². The minimum atomic E-state index is -1.53. The van der Waals surface area contributed by atoms with Crippen molar-refractivity contribution in [1.29, 1.82) is 0 Å². The fourth-order valence-corrected chi connectivity index (χ4v) is 9.23. The number of para-hydroxylation sites is 4. The predicted octanol–water partition coefficient (Wildman–Crippen LogP) is 16.8. The summed E-state index contributed by atoms with van der Waals surface area (Å²) in [6.45, 7) is 0. The van der Waals surface area contributed by atoms with Crippen molar-refractivity contribution in [3.8, 4) is 33.8 Å². The normalized spacial score (nSPS) is 11.9. The molecule has 0 N–H and O–H groups in total. The molecule has 306 valence electrons. The molecule has 11 aromatic rings. The van der Waals surface area contributed by atoms with Crippen LogP contribution in [0.15, 0.2) is 199 Å². The largest absolute Gasteiger partial charge is 0.456 e. The Morgan fingerprint density at radius 2 is 1.03 bits per heavy atom. The molecule has 0 spiro atoms. The molecule has 0 unspecified atom stereocenters. The van der Waals surface area contributed by atoms with Crippen molar-refractivity contribution in [3.63, 3.8) is 0 Å². The smallest absolute Gasteiger partial charge is 0.186 e. The third-order valence-corrected chi connectivity index (χ3v) is 12.1. The van der Waals surface area contributed by atoms with E-state index in [0.717, 1.165) is 66.1 Å². The zero-order chi connectivity index (χ0) is 43.1. The summed E-state index contributed by atoms with van der Waals surface area (Å²) < 4.78 is 79.5. The van der Waals surface area contributed by atoms with Gasteiger partial charge >= 0.3 is 0 Å². The minimum Gasteiger partial charge on any atom is -0.456 e. The van der Waals surface area contributed by atoms with E-state index < -0.39 is 34.5 Å². The van der Waals surface area contributed by atoms with E-state index in [4.69, 9.17) is 9.15 Å². The molecule has 1 aromatic heterocycles. The average molecular weight is 841 g/mol. The first kappa shape index (κ1) is 37.4. The summed E-state index contributed by atoms with van der Waals surface area (Å²) in [7, 11) is 0. The van der Waals surface area contributed by atoms with Gasteiger partial charge in [0.2, 0.25) is 0 Å². The zero-order valence-corrected chi connectivity index (χ0v) is 33.7. The summed E-state index contributed by atoms with van der Waals surface area (Å²) >= 11 is 0. The third kappa shape index (κ3) is 5.76. The van der Waals surface area contributed by atoms with Crippen LogP contribution in [0.5, 0.6) is 11.5 Å². The van der Waals surface area contributed by atoms with Crippen LogP contribution in [0.1, 0.15) is 0 Å². The Morgan fingerprint density at radius 3 is 1.81 bits per heavy atom. The summed E-state index contributed by atoms with van der Waals surface area (Å²) in [4.78, 5) is 3.37. The van der Waals surface area contributed by atoms with Crippen molar-refractivity contribution in [2.24, 2.45) is 0 Å². The lowest BCUT2D eigenvalue weighted by molar-refractivity contribution is 0.461. The van der Waals surface area contributed by atoms with Gasteiger partial charge in [0.05, 0.1) is 16.9 Å². The molecule has 2 heterocycles. The first-order valence-electron chi connectivity index (χ1n) is 20.8. The topological polar surface area (TPSA) is 28.9 Å². The molecule has 1 aliphatic rings. The second kappa shape index (κ2) is 14.6. The molecule has 0 aliphatic carbocycles. The predicted molar refractivity (Wildman–Crippen MR) is 249 cm³/mol. The number of benzene rings is 10. The summed E-state index contributed by atoms with van der Waals surface area (Å²) in [5, 5.41) is 5.40. The Kier molecular flexibility index (Phi) is 8.55. The molecular weight excluding hydrogens is 809 g/mol. The van der Waals surface area contributed by atoms with Gasteiger partial charge in [-0.25, -0.2) is 17.6 Å². The van der Waals surface area contributed by atoms with E-state index >= 15 is 17.6 Å². The number of hydrogen-bond acceptors (Lipinski definition) is 4. The van der Waals surface area contributed by atoms with Crippen LogP contribution in [0, 0.1) is 23.3 Å². The Bertz CT molecular complexity index is 3640. The van der Waals surface area contributed by atoms with Crippen molar-refractivity contribution < 1.29 is 26.7 Å². The van der Waals surface area contributed by atoms with Crippen molar-refractivity contribution in [1.82, 2.24) is 0 Å². The zero-order valence-electron chi connectivity index (χ0n) is 33.7. The van der Waals surface area contributed by atoms with Crippen molar-refractivity contribution in [2.45, 2.75) is 0 Å². The SMILES string of the molecule is Fc1c(F)c(N(c2ccccc2)c2ccc3ccccc3c2)c(F)c(F)c1-c1ccc2c(c1)Oc1cccc3c(N(c4ccccc4)c4cccc5c4oc4ccccc45)ccc-2c13. The van der Waals surface area contributed by atoms with E-state index in [1.807, 2.05) is 115 Å². The van der Waals surface area contributed by atoms with Crippen molar-refractivity contribution in [2.75, 3.05) is 9.80 Å². The standard InChI is InChI=1S/C56H32F4N2O2/c57-51-49(52(58)54(60)55(53(51)59)61(36-15-3-1-4-16-36)38-27-25-33-13-7-8-14-34(33)31-38)35-26-28-40-41-29-30-44(43-21-12-24-47(50(41)43)63-48(40)32-35)62(37-17-5-2-6-18-37)45-22-11-20-42-39-19-9-10-23-46(39)64-56(42)45/h1-32H. The van der Waals surface area contributed by atoms with Crippen molar-refractivity contribution in [3.05, 3.63) is 217 Å². The lowest BCUT2D eigenvalue weighted by Gasteiger charge is -2.29. The van der Waals surface area contributed by atoms with E-state index in [9.17, 15) is 0 Å². The Labute approximate surface area is 364 Å². The van der Waals surface area contributed by atoms with Gasteiger partial charge in [-0.2, -0.15) is 0 Å². The quantitative estimate of drug-likeness (QED) is 0.118. The van der Waals surface area contributed by atoms with Crippen molar-refractivity contribution >= 4 is 77.6 Å². The highest BCUT2D eigenvalue weighted by atomic mass is 19.2. The van der Waals surface area contributed by atoms with Gasteiger partial charge in [0.1, 0.15) is 22.8 Å². The molecule has 1 aliphatic heterocycles. The first-order valence-corrected chi connectivity index (χ1v) is 20.8. The maximum absolute atomic E-state index is 16.6. The van der Waals surface area contributed by atoms with E-state index in [0.29, 0.717) is 22.7 Å². The maximum Gasteiger partial charge on any atom is 0.186 e. The number of ether oxygens (including phenoxy) is 1. The molecule has 0 fully saturated rings. The number of hydrogen-bond donors (Lipinski definition) is 0. The van der Waals surface area contributed by atoms with Crippen LogP contribution in [-0.2, 0) is 0 Å². The first-order chi connectivity index (χ1) is 31.4. The number of fused-ring (bicyclic) bond motifs is 6. The van der Waals surface area contributed by atoms with Crippen LogP contribution < -0.4 is 14.5 Å². The van der Waals surface area contributed by atoms with Crippen LogP contribution in [0.25, 0.3) is 65.7 Å². The second-order valence-electron chi connectivity index (χ2n) is 15.7. The molecule has 0 saturated heterocycles. The summed E-state index contributed by atoms with van der Waals surface area (Å²) in [5.74, 6) is -5.33. The number of furan rings is 1. The molecule has 4 nitrogen and oxygen atoms in total. The van der Waals surface area contributed by atoms with Gasteiger partial charge in [-0.15, -0.1) is 0 Å². The molecule has 10 aromatic carbocycles. The second-order valence-corrected chi connectivity index (χ2v) is 15.7. The number of halogens is 4. The van der Waals surface area contributed by atoms with Gasteiger partial charge in [-0.05, 0) is 94.7 Å². The summed E-state index contributed by atoms with van der Waals surface area (Å²) in [5.41, 5.74) is 4.47. The molecule has 0 atom stereocenters.